The summed E-state index contributed by atoms with van der Waals surface area (Å²) in [6, 6.07) is 8.31. The van der Waals surface area contributed by atoms with Gasteiger partial charge in [-0.25, -0.2) is 4.98 Å². The number of benzene rings is 1. The van der Waals surface area contributed by atoms with Crippen LogP contribution in [0.1, 0.15) is 32.2 Å². The second-order valence-electron chi connectivity index (χ2n) is 5.40. The number of rotatable bonds is 4. The number of hydrogen-bond donors (Lipinski definition) is 0. The lowest BCUT2D eigenvalue weighted by atomic mass is 9.85. The molecule has 0 saturated carbocycles. The second-order valence-corrected chi connectivity index (χ2v) is 7.26. The summed E-state index contributed by atoms with van der Waals surface area (Å²) in [4.78, 5) is 4.68. The smallest absolute Gasteiger partial charge is 0.0943 e. The van der Waals surface area contributed by atoms with Crippen LogP contribution >= 0.6 is 22.9 Å². The van der Waals surface area contributed by atoms with E-state index in [1.807, 2.05) is 6.07 Å². The first-order valence-electron chi connectivity index (χ1n) is 5.95. The zero-order valence-electron chi connectivity index (χ0n) is 10.5. The Morgan fingerprint density at radius 2 is 2.06 bits per heavy atom. The van der Waals surface area contributed by atoms with Crippen molar-refractivity contribution in [3.8, 4) is 0 Å². The van der Waals surface area contributed by atoms with Crippen molar-refractivity contribution < 1.29 is 0 Å². The summed E-state index contributed by atoms with van der Waals surface area (Å²) in [5.41, 5.74) is 1.33. The number of halogens is 1. The number of aromatic nitrogens is 1. The zero-order valence-corrected chi connectivity index (χ0v) is 12.1. The van der Waals surface area contributed by atoms with E-state index in [0.29, 0.717) is 0 Å². The molecule has 0 aliphatic carbocycles. The minimum absolute atomic E-state index is 0.217. The lowest BCUT2D eigenvalue weighted by Crippen LogP contribution is -2.18. The van der Waals surface area contributed by atoms with E-state index in [1.165, 1.54) is 9.71 Å². The summed E-state index contributed by atoms with van der Waals surface area (Å²) in [6.45, 7) is 6.58. The normalized spacial score (nSPS) is 14.1. The molecular formula is C14H18ClNS. The molecule has 0 N–H and O–H groups in total. The van der Waals surface area contributed by atoms with Gasteiger partial charge >= 0.3 is 0 Å². The van der Waals surface area contributed by atoms with Gasteiger partial charge < -0.3 is 0 Å². The third kappa shape index (κ3) is 3.43. The Hall–Kier alpha value is -0.600. The SMILES string of the molecule is CC(Cl)CC(C)(C)Cc1nc2ccccc2s1. The van der Waals surface area contributed by atoms with Gasteiger partial charge in [-0.15, -0.1) is 22.9 Å². The zero-order chi connectivity index (χ0) is 12.5. The molecule has 2 rings (SSSR count). The van der Waals surface area contributed by atoms with E-state index in [4.69, 9.17) is 11.6 Å². The van der Waals surface area contributed by atoms with E-state index in [0.717, 1.165) is 18.4 Å². The summed E-state index contributed by atoms with van der Waals surface area (Å²) in [5.74, 6) is 0. The molecule has 0 radical (unpaired) electrons. The molecule has 0 saturated heterocycles. The molecule has 1 nitrogen and oxygen atoms in total. The fourth-order valence-corrected chi connectivity index (χ4v) is 3.88. The van der Waals surface area contributed by atoms with Crippen molar-refractivity contribution in [2.45, 2.75) is 39.0 Å². The van der Waals surface area contributed by atoms with Crippen molar-refractivity contribution in [2.75, 3.05) is 0 Å². The Bertz CT molecular complexity index is 469. The molecule has 3 heteroatoms. The quantitative estimate of drug-likeness (QED) is 0.720. The predicted octanol–water partition coefficient (Wildman–Crippen LogP) is 4.88. The van der Waals surface area contributed by atoms with Gasteiger partial charge in [0.05, 0.1) is 15.2 Å². The van der Waals surface area contributed by atoms with Crippen molar-refractivity contribution in [2.24, 2.45) is 5.41 Å². The molecule has 0 aliphatic rings. The summed E-state index contributed by atoms with van der Waals surface area (Å²) < 4.78 is 1.28. The van der Waals surface area contributed by atoms with Gasteiger partial charge in [0.2, 0.25) is 0 Å². The first-order valence-corrected chi connectivity index (χ1v) is 7.20. The highest BCUT2D eigenvalue weighted by Crippen LogP contribution is 2.32. The highest BCUT2D eigenvalue weighted by Gasteiger charge is 2.22. The summed E-state index contributed by atoms with van der Waals surface area (Å²) >= 11 is 7.89. The summed E-state index contributed by atoms with van der Waals surface area (Å²) in [6.07, 6.45) is 2.02. The standard InChI is InChI=1S/C14H18ClNS/c1-10(15)8-14(2,3)9-13-16-11-6-4-5-7-12(11)17-13/h4-7,10H,8-9H2,1-3H3. The third-order valence-corrected chi connectivity index (χ3v) is 3.99. The number of hydrogen-bond acceptors (Lipinski definition) is 2. The molecule has 1 aromatic carbocycles. The molecule has 1 unspecified atom stereocenters. The molecule has 0 bridgehead atoms. The third-order valence-electron chi connectivity index (χ3n) is 2.80. The number of alkyl halides is 1. The van der Waals surface area contributed by atoms with Crippen LogP contribution in [0.25, 0.3) is 10.2 Å². The van der Waals surface area contributed by atoms with Crippen molar-refractivity contribution >= 4 is 33.2 Å². The van der Waals surface area contributed by atoms with Crippen LogP contribution in [-0.2, 0) is 6.42 Å². The first-order chi connectivity index (χ1) is 7.96. The van der Waals surface area contributed by atoms with Crippen molar-refractivity contribution in [3.05, 3.63) is 29.3 Å². The Kier molecular flexibility index (Phi) is 3.74. The minimum atomic E-state index is 0.217. The molecule has 0 aliphatic heterocycles. The molecule has 0 amide bonds. The van der Waals surface area contributed by atoms with Gasteiger partial charge in [0, 0.05) is 11.8 Å². The van der Waals surface area contributed by atoms with Crippen LogP contribution in [0.15, 0.2) is 24.3 Å². The Morgan fingerprint density at radius 3 is 2.71 bits per heavy atom. The number of nitrogens with zero attached hydrogens (tertiary/aromatic N) is 1. The lowest BCUT2D eigenvalue weighted by molar-refractivity contribution is 0.331. The fourth-order valence-electron chi connectivity index (χ4n) is 2.24. The highest BCUT2D eigenvalue weighted by atomic mass is 35.5. The van der Waals surface area contributed by atoms with Crippen LogP contribution < -0.4 is 0 Å². The highest BCUT2D eigenvalue weighted by molar-refractivity contribution is 7.18. The molecule has 1 aromatic heterocycles. The van der Waals surface area contributed by atoms with Gasteiger partial charge in [-0.2, -0.15) is 0 Å². The van der Waals surface area contributed by atoms with Gasteiger partial charge in [-0.3, -0.25) is 0 Å². The maximum absolute atomic E-state index is 6.09. The van der Waals surface area contributed by atoms with Crippen LogP contribution in [0.5, 0.6) is 0 Å². The molecule has 0 spiro atoms. The molecular weight excluding hydrogens is 250 g/mol. The summed E-state index contributed by atoms with van der Waals surface area (Å²) in [7, 11) is 0. The lowest BCUT2D eigenvalue weighted by Gasteiger charge is -2.24. The van der Waals surface area contributed by atoms with Gasteiger partial charge in [-0.1, -0.05) is 26.0 Å². The average molecular weight is 268 g/mol. The van der Waals surface area contributed by atoms with E-state index in [1.54, 1.807) is 11.3 Å². The molecule has 2 aromatic rings. The maximum Gasteiger partial charge on any atom is 0.0943 e. The second kappa shape index (κ2) is 4.95. The number of para-hydroxylation sites is 1. The van der Waals surface area contributed by atoms with E-state index in [2.05, 4.69) is 44.0 Å². The minimum Gasteiger partial charge on any atom is -0.241 e. The van der Waals surface area contributed by atoms with Crippen molar-refractivity contribution in [3.63, 3.8) is 0 Å². The Labute approximate surface area is 112 Å². The monoisotopic (exact) mass is 267 g/mol. The van der Waals surface area contributed by atoms with Crippen LogP contribution in [-0.4, -0.2) is 10.4 Å². The predicted molar refractivity (Wildman–Crippen MR) is 77.0 cm³/mol. The molecule has 1 heterocycles. The van der Waals surface area contributed by atoms with Crippen LogP contribution in [0, 0.1) is 5.41 Å². The topological polar surface area (TPSA) is 12.9 Å². The van der Waals surface area contributed by atoms with E-state index in [9.17, 15) is 0 Å². The molecule has 0 fully saturated rings. The van der Waals surface area contributed by atoms with Gasteiger partial charge in [0.15, 0.2) is 0 Å². The van der Waals surface area contributed by atoms with Crippen LogP contribution in [0.2, 0.25) is 0 Å². The Morgan fingerprint density at radius 1 is 1.35 bits per heavy atom. The average Bonchev–Trinajstić information content (AvgIpc) is 2.55. The number of thiazole rings is 1. The van der Waals surface area contributed by atoms with Gasteiger partial charge in [-0.05, 0) is 30.9 Å². The van der Waals surface area contributed by atoms with Crippen LogP contribution in [0.3, 0.4) is 0 Å². The molecule has 1 atom stereocenters. The number of fused-ring (bicyclic) bond motifs is 1. The fraction of sp³-hybridized carbons (Fsp3) is 0.500. The molecule has 92 valence electrons. The first kappa shape index (κ1) is 12.8. The van der Waals surface area contributed by atoms with Crippen LogP contribution in [0.4, 0.5) is 0 Å². The summed E-state index contributed by atoms with van der Waals surface area (Å²) in [5, 5.41) is 1.44. The van der Waals surface area contributed by atoms with Gasteiger partial charge in [0.25, 0.3) is 0 Å². The van der Waals surface area contributed by atoms with E-state index < -0.39 is 0 Å². The van der Waals surface area contributed by atoms with E-state index in [-0.39, 0.29) is 10.8 Å². The largest absolute Gasteiger partial charge is 0.241 e. The van der Waals surface area contributed by atoms with Crippen molar-refractivity contribution in [1.82, 2.24) is 4.98 Å². The van der Waals surface area contributed by atoms with Crippen molar-refractivity contribution in [1.29, 1.82) is 0 Å². The van der Waals surface area contributed by atoms with E-state index >= 15 is 0 Å². The Balaban J connectivity index is 2.18. The maximum atomic E-state index is 6.09. The van der Waals surface area contributed by atoms with Gasteiger partial charge in [0.1, 0.15) is 0 Å². The molecule has 17 heavy (non-hydrogen) atoms.